The van der Waals surface area contributed by atoms with Gasteiger partial charge in [-0.2, -0.15) is 5.26 Å². The van der Waals surface area contributed by atoms with Gasteiger partial charge in [-0.05, 0) is 12.1 Å². The number of ether oxygens (including phenoxy) is 2. The van der Waals surface area contributed by atoms with Crippen LogP contribution in [0.1, 0.15) is 5.56 Å². The Hall–Kier alpha value is -2.74. The van der Waals surface area contributed by atoms with E-state index >= 15 is 0 Å². The smallest absolute Gasteiger partial charge is 0.169 e. The van der Waals surface area contributed by atoms with Gasteiger partial charge in [-0.3, -0.25) is 4.98 Å². The number of pyridine rings is 1. The molecule has 1 aromatic carbocycles. The largest absolute Gasteiger partial charge is 0.493 e. The zero-order valence-electron chi connectivity index (χ0n) is 9.75. The molecule has 0 atom stereocenters. The first-order valence-corrected chi connectivity index (χ1v) is 5.19. The normalized spacial score (nSPS) is 9.56. The Morgan fingerprint density at radius 3 is 2.72 bits per heavy atom. The molecular formula is C13H11N3O2. The molecule has 1 heterocycles. The molecule has 5 nitrogen and oxygen atoms in total. The lowest BCUT2D eigenvalue weighted by Crippen LogP contribution is -1.93. The molecular weight excluding hydrogens is 230 g/mol. The summed E-state index contributed by atoms with van der Waals surface area (Å²) in [7, 11) is 1.51. The number of anilines is 1. The van der Waals surface area contributed by atoms with E-state index in [0.29, 0.717) is 28.5 Å². The van der Waals surface area contributed by atoms with Gasteiger partial charge in [-0.1, -0.05) is 0 Å². The van der Waals surface area contributed by atoms with Crippen LogP contribution in [0.3, 0.4) is 0 Å². The number of hydrogen-bond donors (Lipinski definition) is 1. The standard InChI is InChI=1S/C13H11N3O2/c1-17-13-4-9(6-14)2-3-12(13)18-11-5-10(15)7-16-8-11/h2-5,7-8H,15H2,1H3. The fraction of sp³-hybridized carbons (Fsp3) is 0.0769. The van der Waals surface area contributed by atoms with Gasteiger partial charge < -0.3 is 15.2 Å². The van der Waals surface area contributed by atoms with Gasteiger partial charge in [0.25, 0.3) is 0 Å². The second kappa shape index (κ2) is 5.06. The van der Waals surface area contributed by atoms with Crippen molar-refractivity contribution >= 4 is 5.69 Å². The zero-order valence-corrected chi connectivity index (χ0v) is 9.75. The molecule has 0 bridgehead atoms. The van der Waals surface area contributed by atoms with Crippen molar-refractivity contribution in [2.24, 2.45) is 0 Å². The number of nitriles is 1. The average molecular weight is 241 g/mol. The molecule has 0 saturated carbocycles. The Balaban J connectivity index is 2.32. The molecule has 0 aliphatic carbocycles. The molecule has 0 amide bonds. The van der Waals surface area contributed by atoms with Crippen molar-refractivity contribution < 1.29 is 9.47 Å². The molecule has 0 aliphatic rings. The van der Waals surface area contributed by atoms with E-state index in [2.05, 4.69) is 4.98 Å². The summed E-state index contributed by atoms with van der Waals surface area (Å²) in [6.07, 6.45) is 3.08. The fourth-order valence-electron chi connectivity index (χ4n) is 1.44. The minimum Gasteiger partial charge on any atom is -0.493 e. The molecule has 0 fully saturated rings. The second-order valence-corrected chi connectivity index (χ2v) is 3.53. The number of aromatic nitrogens is 1. The van der Waals surface area contributed by atoms with Gasteiger partial charge in [-0.25, -0.2) is 0 Å². The predicted molar refractivity (Wildman–Crippen MR) is 66.4 cm³/mol. The molecule has 5 heteroatoms. The van der Waals surface area contributed by atoms with Crippen LogP contribution in [0.25, 0.3) is 0 Å². The number of benzene rings is 1. The quantitative estimate of drug-likeness (QED) is 0.891. The van der Waals surface area contributed by atoms with Gasteiger partial charge in [0.1, 0.15) is 5.75 Å². The van der Waals surface area contributed by atoms with Crippen molar-refractivity contribution in [3.05, 3.63) is 42.2 Å². The number of methoxy groups -OCH3 is 1. The summed E-state index contributed by atoms with van der Waals surface area (Å²) in [5, 5.41) is 8.80. The van der Waals surface area contributed by atoms with Crippen molar-refractivity contribution in [1.82, 2.24) is 4.98 Å². The van der Waals surface area contributed by atoms with E-state index < -0.39 is 0 Å². The maximum absolute atomic E-state index is 8.80. The molecule has 0 radical (unpaired) electrons. The van der Waals surface area contributed by atoms with E-state index in [1.165, 1.54) is 13.3 Å². The van der Waals surface area contributed by atoms with Crippen molar-refractivity contribution in [3.63, 3.8) is 0 Å². The number of nitrogens with zero attached hydrogens (tertiary/aromatic N) is 2. The number of nitrogens with two attached hydrogens (primary N) is 1. The lowest BCUT2D eigenvalue weighted by Gasteiger charge is -2.10. The SMILES string of the molecule is COc1cc(C#N)ccc1Oc1cncc(N)c1. The molecule has 0 unspecified atom stereocenters. The Labute approximate surface area is 104 Å². The average Bonchev–Trinajstić information content (AvgIpc) is 2.39. The van der Waals surface area contributed by atoms with E-state index in [4.69, 9.17) is 20.5 Å². The van der Waals surface area contributed by atoms with Crippen LogP contribution in [0, 0.1) is 11.3 Å². The molecule has 0 aliphatic heterocycles. The monoisotopic (exact) mass is 241 g/mol. The molecule has 1 aromatic heterocycles. The maximum Gasteiger partial charge on any atom is 0.169 e. The summed E-state index contributed by atoms with van der Waals surface area (Å²) in [6, 6.07) is 8.62. The summed E-state index contributed by atoms with van der Waals surface area (Å²) in [5.74, 6) is 1.50. The second-order valence-electron chi connectivity index (χ2n) is 3.53. The van der Waals surface area contributed by atoms with E-state index in [9.17, 15) is 0 Å². The molecule has 18 heavy (non-hydrogen) atoms. The fourth-order valence-corrected chi connectivity index (χ4v) is 1.44. The summed E-state index contributed by atoms with van der Waals surface area (Å²) in [6.45, 7) is 0. The van der Waals surface area contributed by atoms with Crippen molar-refractivity contribution in [2.45, 2.75) is 0 Å². The van der Waals surface area contributed by atoms with Crippen LogP contribution < -0.4 is 15.2 Å². The van der Waals surface area contributed by atoms with E-state index in [0.717, 1.165) is 0 Å². The summed E-state index contributed by atoms with van der Waals surface area (Å²) in [5.41, 5.74) is 6.63. The van der Waals surface area contributed by atoms with Gasteiger partial charge in [0.05, 0.1) is 36.8 Å². The maximum atomic E-state index is 8.80. The third kappa shape index (κ3) is 2.50. The first kappa shape index (κ1) is 11.7. The third-order valence-electron chi connectivity index (χ3n) is 2.25. The minimum atomic E-state index is 0.483. The number of rotatable bonds is 3. The van der Waals surface area contributed by atoms with Crippen LogP contribution in [-0.2, 0) is 0 Å². The molecule has 0 saturated heterocycles. The van der Waals surface area contributed by atoms with Crippen LogP contribution in [0.4, 0.5) is 5.69 Å². The van der Waals surface area contributed by atoms with E-state index in [-0.39, 0.29) is 0 Å². The molecule has 2 aromatic rings. The number of nitrogen functional groups attached to an aromatic ring is 1. The van der Waals surface area contributed by atoms with Crippen LogP contribution in [-0.4, -0.2) is 12.1 Å². The highest BCUT2D eigenvalue weighted by Gasteiger charge is 2.07. The molecule has 2 N–H and O–H groups in total. The van der Waals surface area contributed by atoms with E-state index in [1.54, 1.807) is 30.5 Å². The Morgan fingerprint density at radius 2 is 2.06 bits per heavy atom. The summed E-state index contributed by atoms with van der Waals surface area (Å²) >= 11 is 0. The Morgan fingerprint density at radius 1 is 1.22 bits per heavy atom. The van der Waals surface area contributed by atoms with E-state index in [1.807, 2.05) is 6.07 Å². The van der Waals surface area contributed by atoms with Gasteiger partial charge in [-0.15, -0.1) is 0 Å². The topological polar surface area (TPSA) is 81.2 Å². The van der Waals surface area contributed by atoms with Gasteiger partial charge in [0.2, 0.25) is 0 Å². The number of hydrogen-bond acceptors (Lipinski definition) is 5. The van der Waals surface area contributed by atoms with Crippen LogP contribution >= 0.6 is 0 Å². The minimum absolute atomic E-state index is 0.483. The van der Waals surface area contributed by atoms with Crippen molar-refractivity contribution in [2.75, 3.05) is 12.8 Å². The van der Waals surface area contributed by atoms with Crippen LogP contribution in [0.15, 0.2) is 36.7 Å². The Bertz CT molecular complexity index is 605. The third-order valence-corrected chi connectivity index (χ3v) is 2.25. The lowest BCUT2D eigenvalue weighted by atomic mass is 10.2. The summed E-state index contributed by atoms with van der Waals surface area (Å²) in [4.78, 5) is 3.93. The summed E-state index contributed by atoms with van der Waals surface area (Å²) < 4.78 is 10.8. The van der Waals surface area contributed by atoms with Crippen molar-refractivity contribution in [1.29, 1.82) is 5.26 Å². The van der Waals surface area contributed by atoms with Gasteiger partial charge in [0, 0.05) is 12.1 Å². The van der Waals surface area contributed by atoms with Crippen LogP contribution in [0.2, 0.25) is 0 Å². The molecule has 0 spiro atoms. The Kier molecular flexibility index (Phi) is 3.30. The lowest BCUT2D eigenvalue weighted by molar-refractivity contribution is 0.378. The molecule has 2 rings (SSSR count). The zero-order chi connectivity index (χ0) is 13.0. The first-order valence-electron chi connectivity index (χ1n) is 5.19. The van der Waals surface area contributed by atoms with Gasteiger partial charge >= 0.3 is 0 Å². The highest BCUT2D eigenvalue weighted by Crippen LogP contribution is 2.32. The molecule has 90 valence electrons. The first-order chi connectivity index (χ1) is 8.72. The predicted octanol–water partition coefficient (Wildman–Crippen LogP) is 2.34. The highest BCUT2D eigenvalue weighted by atomic mass is 16.5. The van der Waals surface area contributed by atoms with Crippen molar-refractivity contribution in [3.8, 4) is 23.3 Å². The van der Waals surface area contributed by atoms with Crippen LogP contribution in [0.5, 0.6) is 17.2 Å². The van der Waals surface area contributed by atoms with Gasteiger partial charge in [0.15, 0.2) is 11.5 Å². The highest BCUT2D eigenvalue weighted by molar-refractivity contribution is 5.49.